The fourth-order valence-corrected chi connectivity index (χ4v) is 2.08. The molecule has 2 rings (SSSR count). The molecular formula is C16H19NO4. The van der Waals surface area contributed by atoms with Gasteiger partial charge in [0.1, 0.15) is 12.3 Å². The van der Waals surface area contributed by atoms with Gasteiger partial charge in [-0.05, 0) is 31.9 Å². The van der Waals surface area contributed by atoms with Crippen LogP contribution in [0.25, 0.3) is 6.08 Å². The van der Waals surface area contributed by atoms with Gasteiger partial charge in [0.15, 0.2) is 0 Å². The summed E-state index contributed by atoms with van der Waals surface area (Å²) in [6.45, 7) is 2.19. The van der Waals surface area contributed by atoms with E-state index < -0.39 is 5.97 Å². The number of carbonyl (C=O) groups is 2. The highest BCUT2D eigenvalue weighted by atomic mass is 16.5. The number of aliphatic carboxylic acids is 1. The first-order valence-electron chi connectivity index (χ1n) is 7.04. The van der Waals surface area contributed by atoms with Gasteiger partial charge >= 0.3 is 5.97 Å². The Morgan fingerprint density at radius 2 is 2.10 bits per heavy atom. The molecule has 0 bridgehead atoms. The van der Waals surface area contributed by atoms with Crippen LogP contribution in [0.2, 0.25) is 0 Å². The van der Waals surface area contributed by atoms with Crippen molar-refractivity contribution in [2.24, 2.45) is 0 Å². The van der Waals surface area contributed by atoms with E-state index in [0.717, 1.165) is 18.4 Å². The number of hydrogen-bond acceptors (Lipinski definition) is 3. The number of para-hydroxylation sites is 1. The molecule has 0 radical (unpaired) electrons. The molecule has 1 aliphatic carbocycles. The maximum absolute atomic E-state index is 12.1. The van der Waals surface area contributed by atoms with Gasteiger partial charge in [-0.3, -0.25) is 9.59 Å². The molecule has 1 fully saturated rings. The topological polar surface area (TPSA) is 66.8 Å². The summed E-state index contributed by atoms with van der Waals surface area (Å²) in [4.78, 5) is 24.4. The van der Waals surface area contributed by atoms with Crippen molar-refractivity contribution < 1.29 is 19.4 Å². The average molecular weight is 289 g/mol. The largest absolute Gasteiger partial charge is 0.493 e. The molecule has 0 saturated heterocycles. The maximum atomic E-state index is 12.1. The second-order valence-electron chi connectivity index (χ2n) is 4.90. The maximum Gasteiger partial charge on any atom is 0.323 e. The number of ether oxygens (including phenoxy) is 1. The van der Waals surface area contributed by atoms with Crippen molar-refractivity contribution in [1.29, 1.82) is 0 Å². The molecule has 5 nitrogen and oxygen atoms in total. The van der Waals surface area contributed by atoms with Crippen LogP contribution >= 0.6 is 0 Å². The molecule has 1 aromatic rings. The highest BCUT2D eigenvalue weighted by Crippen LogP contribution is 2.27. The summed E-state index contributed by atoms with van der Waals surface area (Å²) < 4.78 is 5.48. The Hall–Kier alpha value is -2.30. The molecule has 5 heteroatoms. The van der Waals surface area contributed by atoms with Gasteiger partial charge in [0.05, 0.1) is 6.61 Å². The number of amides is 1. The standard InChI is InChI=1S/C16H19NO4/c1-2-21-14-6-4-3-5-12(14)7-10-15(18)17(11-16(19)20)13-8-9-13/h3-7,10,13H,2,8-9,11H2,1H3,(H,19,20)/b10-7-. The predicted molar refractivity (Wildman–Crippen MR) is 79.0 cm³/mol. The van der Waals surface area contributed by atoms with Crippen LogP contribution < -0.4 is 4.74 Å². The lowest BCUT2D eigenvalue weighted by molar-refractivity contribution is -0.143. The molecule has 0 aromatic heterocycles. The van der Waals surface area contributed by atoms with Crippen LogP contribution in [0.3, 0.4) is 0 Å². The SMILES string of the molecule is CCOc1ccccc1/C=C\C(=O)N(CC(=O)O)C1CC1. The zero-order valence-electron chi connectivity index (χ0n) is 12.0. The van der Waals surface area contributed by atoms with Crippen LogP contribution in [0.1, 0.15) is 25.3 Å². The smallest absolute Gasteiger partial charge is 0.323 e. The summed E-state index contributed by atoms with van der Waals surface area (Å²) in [5.41, 5.74) is 0.804. The first-order chi connectivity index (χ1) is 10.1. The van der Waals surface area contributed by atoms with Crippen LogP contribution in [-0.2, 0) is 9.59 Å². The third-order valence-corrected chi connectivity index (χ3v) is 3.20. The summed E-state index contributed by atoms with van der Waals surface area (Å²) in [5, 5.41) is 8.87. The van der Waals surface area contributed by atoms with Crippen molar-refractivity contribution in [3.8, 4) is 5.75 Å². The van der Waals surface area contributed by atoms with E-state index in [1.807, 2.05) is 31.2 Å². The lowest BCUT2D eigenvalue weighted by Crippen LogP contribution is -2.36. The molecule has 0 unspecified atom stereocenters. The zero-order chi connectivity index (χ0) is 15.2. The molecular weight excluding hydrogens is 270 g/mol. The molecule has 0 atom stereocenters. The van der Waals surface area contributed by atoms with Gasteiger partial charge < -0.3 is 14.7 Å². The number of carboxylic acid groups (broad SMARTS) is 1. The minimum absolute atomic E-state index is 0.0698. The Morgan fingerprint density at radius 1 is 1.38 bits per heavy atom. The highest BCUT2D eigenvalue weighted by Gasteiger charge is 2.32. The fraction of sp³-hybridized carbons (Fsp3) is 0.375. The quantitative estimate of drug-likeness (QED) is 0.781. The Kier molecular flexibility index (Phi) is 4.98. The first-order valence-corrected chi connectivity index (χ1v) is 7.04. The monoisotopic (exact) mass is 289 g/mol. The normalized spacial score (nSPS) is 14.1. The van der Waals surface area contributed by atoms with Crippen LogP contribution in [0.4, 0.5) is 0 Å². The van der Waals surface area contributed by atoms with Gasteiger partial charge in [-0.1, -0.05) is 18.2 Å². The van der Waals surface area contributed by atoms with E-state index in [-0.39, 0.29) is 18.5 Å². The molecule has 1 saturated carbocycles. The van der Waals surface area contributed by atoms with E-state index in [4.69, 9.17) is 9.84 Å². The number of carboxylic acids is 1. The van der Waals surface area contributed by atoms with Gasteiger partial charge in [0.25, 0.3) is 0 Å². The van der Waals surface area contributed by atoms with Crippen LogP contribution in [0.15, 0.2) is 30.3 Å². The second-order valence-corrected chi connectivity index (χ2v) is 4.90. The van der Waals surface area contributed by atoms with Crippen LogP contribution in [0, 0.1) is 0 Å². The molecule has 1 aliphatic rings. The molecule has 1 amide bonds. The number of nitrogens with zero attached hydrogens (tertiary/aromatic N) is 1. The first kappa shape index (κ1) is 15.1. The van der Waals surface area contributed by atoms with Crippen molar-refractivity contribution in [2.45, 2.75) is 25.8 Å². The van der Waals surface area contributed by atoms with E-state index in [0.29, 0.717) is 12.4 Å². The molecule has 0 aliphatic heterocycles. The fourth-order valence-electron chi connectivity index (χ4n) is 2.08. The van der Waals surface area contributed by atoms with Crippen LogP contribution in [0.5, 0.6) is 5.75 Å². The zero-order valence-corrected chi connectivity index (χ0v) is 12.0. The molecule has 0 spiro atoms. The van der Waals surface area contributed by atoms with Crippen molar-refractivity contribution in [2.75, 3.05) is 13.2 Å². The Labute approximate surface area is 123 Å². The lowest BCUT2D eigenvalue weighted by Gasteiger charge is -2.18. The molecule has 112 valence electrons. The number of rotatable bonds is 7. The van der Waals surface area contributed by atoms with Crippen molar-refractivity contribution in [3.05, 3.63) is 35.9 Å². The van der Waals surface area contributed by atoms with E-state index in [1.165, 1.54) is 11.0 Å². The van der Waals surface area contributed by atoms with E-state index in [2.05, 4.69) is 0 Å². The molecule has 21 heavy (non-hydrogen) atoms. The summed E-state index contributed by atoms with van der Waals surface area (Å²) in [5.74, 6) is -0.551. The minimum Gasteiger partial charge on any atom is -0.493 e. The molecule has 0 heterocycles. The second kappa shape index (κ2) is 6.92. The van der Waals surface area contributed by atoms with E-state index >= 15 is 0 Å². The van der Waals surface area contributed by atoms with Gasteiger partial charge in [0, 0.05) is 17.7 Å². The highest BCUT2D eigenvalue weighted by molar-refractivity contribution is 5.94. The van der Waals surface area contributed by atoms with Gasteiger partial charge in [0.2, 0.25) is 5.91 Å². The Morgan fingerprint density at radius 3 is 2.71 bits per heavy atom. The van der Waals surface area contributed by atoms with E-state index in [1.54, 1.807) is 6.08 Å². The number of carbonyl (C=O) groups excluding carboxylic acids is 1. The third kappa shape index (κ3) is 4.34. The Bertz CT molecular complexity index is 549. The van der Waals surface area contributed by atoms with Gasteiger partial charge in [-0.25, -0.2) is 0 Å². The van der Waals surface area contributed by atoms with Gasteiger partial charge in [-0.2, -0.15) is 0 Å². The minimum atomic E-state index is -0.988. The summed E-state index contributed by atoms with van der Waals surface area (Å²) >= 11 is 0. The van der Waals surface area contributed by atoms with E-state index in [9.17, 15) is 9.59 Å². The molecule has 1 aromatic carbocycles. The van der Waals surface area contributed by atoms with Gasteiger partial charge in [-0.15, -0.1) is 0 Å². The van der Waals surface area contributed by atoms with Crippen molar-refractivity contribution in [1.82, 2.24) is 4.90 Å². The lowest BCUT2D eigenvalue weighted by atomic mass is 10.2. The summed E-state index contributed by atoms with van der Waals surface area (Å²) in [6, 6.07) is 7.49. The molecule has 1 N–H and O–H groups in total. The van der Waals surface area contributed by atoms with Crippen LogP contribution in [-0.4, -0.2) is 41.1 Å². The predicted octanol–water partition coefficient (Wildman–Crippen LogP) is 2.17. The number of hydrogen-bond donors (Lipinski definition) is 1. The third-order valence-electron chi connectivity index (χ3n) is 3.20. The van der Waals surface area contributed by atoms with Crippen molar-refractivity contribution >= 4 is 18.0 Å². The Balaban J connectivity index is 2.08. The average Bonchev–Trinajstić information content (AvgIpc) is 3.28. The summed E-state index contributed by atoms with van der Waals surface area (Å²) in [7, 11) is 0. The number of benzene rings is 1. The summed E-state index contributed by atoms with van der Waals surface area (Å²) in [6.07, 6.45) is 4.84. The van der Waals surface area contributed by atoms with Crippen molar-refractivity contribution in [3.63, 3.8) is 0 Å².